The van der Waals surface area contributed by atoms with E-state index in [1.807, 2.05) is 13.8 Å². The quantitative estimate of drug-likeness (QED) is 0.645. The Hall–Kier alpha value is -1.62. The monoisotopic (exact) mass is 227 g/mol. The van der Waals surface area contributed by atoms with E-state index in [-0.39, 0.29) is 11.7 Å². The van der Waals surface area contributed by atoms with Crippen LogP contribution in [-0.2, 0) is 4.79 Å². The molecule has 88 valence electrons. The lowest BCUT2D eigenvalue weighted by Gasteiger charge is -2.42. The van der Waals surface area contributed by atoms with E-state index in [4.69, 9.17) is 0 Å². The summed E-state index contributed by atoms with van der Waals surface area (Å²) in [5, 5.41) is 9.63. The first-order valence-electron chi connectivity index (χ1n) is 6.00. The lowest BCUT2D eigenvalue weighted by Crippen LogP contribution is -2.38. The fourth-order valence-electron chi connectivity index (χ4n) is 3.07. The third-order valence-corrected chi connectivity index (χ3v) is 4.03. The van der Waals surface area contributed by atoms with Crippen molar-refractivity contribution >= 4 is 5.78 Å². The number of hydrogen-bond acceptors (Lipinski definition) is 2. The summed E-state index contributed by atoms with van der Waals surface area (Å²) < 4.78 is 0. The lowest BCUT2D eigenvalue weighted by atomic mass is 9.58. The maximum atomic E-state index is 11.6. The number of fused-ring (bicyclic) bond motifs is 1. The summed E-state index contributed by atoms with van der Waals surface area (Å²) in [5.41, 5.74) is 2.53. The maximum absolute atomic E-state index is 11.6. The lowest BCUT2D eigenvalue weighted by molar-refractivity contribution is -0.115. The van der Waals surface area contributed by atoms with Crippen LogP contribution in [0.3, 0.4) is 0 Å². The maximum Gasteiger partial charge on any atom is 0.156 e. The molecule has 2 aliphatic rings. The van der Waals surface area contributed by atoms with Crippen molar-refractivity contribution in [3.05, 3.63) is 35.5 Å². The predicted molar refractivity (Wildman–Crippen MR) is 67.0 cm³/mol. The third-order valence-electron chi connectivity index (χ3n) is 4.03. The number of hydrogen-bond donors (Lipinski definition) is 0. The van der Waals surface area contributed by atoms with E-state index in [2.05, 4.69) is 18.7 Å². The number of nitrogens with zero attached hydrogens (tertiary/aromatic N) is 1. The van der Waals surface area contributed by atoms with Gasteiger partial charge in [-0.25, -0.2) is 0 Å². The minimum atomic E-state index is -0.515. The van der Waals surface area contributed by atoms with Crippen molar-refractivity contribution in [1.82, 2.24) is 0 Å². The molecule has 2 rings (SSSR count). The molecule has 0 aromatic carbocycles. The molecule has 2 aliphatic carbocycles. The van der Waals surface area contributed by atoms with E-state index in [1.54, 1.807) is 6.08 Å². The van der Waals surface area contributed by atoms with Gasteiger partial charge in [0.05, 0.1) is 11.5 Å². The van der Waals surface area contributed by atoms with Crippen molar-refractivity contribution in [2.45, 2.75) is 33.1 Å². The van der Waals surface area contributed by atoms with Crippen LogP contribution in [0.5, 0.6) is 0 Å². The van der Waals surface area contributed by atoms with E-state index in [1.165, 1.54) is 0 Å². The van der Waals surface area contributed by atoms with Gasteiger partial charge in [0.2, 0.25) is 0 Å². The van der Waals surface area contributed by atoms with Crippen LogP contribution in [0, 0.1) is 22.7 Å². The van der Waals surface area contributed by atoms with Crippen LogP contribution in [0.1, 0.15) is 33.1 Å². The zero-order valence-electron chi connectivity index (χ0n) is 10.4. The van der Waals surface area contributed by atoms with Crippen LogP contribution in [-0.4, -0.2) is 5.78 Å². The Kier molecular flexibility index (Phi) is 2.79. The smallest absolute Gasteiger partial charge is 0.156 e. The molecular weight excluding hydrogens is 210 g/mol. The van der Waals surface area contributed by atoms with E-state index in [0.29, 0.717) is 12.8 Å². The fraction of sp³-hybridized carbons (Fsp3) is 0.467. The van der Waals surface area contributed by atoms with Crippen molar-refractivity contribution in [3.63, 3.8) is 0 Å². The highest BCUT2D eigenvalue weighted by Crippen LogP contribution is 2.52. The van der Waals surface area contributed by atoms with Crippen LogP contribution in [0.15, 0.2) is 35.5 Å². The average molecular weight is 227 g/mol. The van der Waals surface area contributed by atoms with Gasteiger partial charge in [0.25, 0.3) is 0 Å². The van der Waals surface area contributed by atoms with Crippen molar-refractivity contribution in [1.29, 1.82) is 5.26 Å². The Labute approximate surface area is 102 Å². The first-order chi connectivity index (χ1) is 8.01. The number of rotatable bonds is 1. The predicted octanol–water partition coefficient (Wildman–Crippen LogP) is 3.33. The molecule has 0 aromatic rings. The second kappa shape index (κ2) is 4.00. The molecular formula is C15H17NO. The average Bonchev–Trinajstić information content (AvgIpc) is 2.30. The van der Waals surface area contributed by atoms with Crippen molar-refractivity contribution in [2.75, 3.05) is 0 Å². The standard InChI is InChI=1S/C15H17NO/c1-10(2)13-5-4-11(3)14-8-12(17)6-7-15(13,14)9-16/h4,8,13H,1,5-7H2,2-3H3/t13-,15+/m0/s1. The highest BCUT2D eigenvalue weighted by Gasteiger charge is 2.47. The second-order valence-electron chi connectivity index (χ2n) is 5.13. The van der Waals surface area contributed by atoms with Gasteiger partial charge in [-0.3, -0.25) is 4.79 Å². The van der Waals surface area contributed by atoms with Crippen LogP contribution in [0.4, 0.5) is 0 Å². The summed E-state index contributed by atoms with van der Waals surface area (Å²) in [6, 6.07) is 2.48. The van der Waals surface area contributed by atoms with Gasteiger partial charge in [0, 0.05) is 12.3 Å². The van der Waals surface area contributed by atoms with Crippen molar-refractivity contribution < 1.29 is 4.79 Å². The van der Waals surface area contributed by atoms with Crippen LogP contribution < -0.4 is 0 Å². The fourth-order valence-corrected chi connectivity index (χ4v) is 3.07. The first kappa shape index (κ1) is 11.9. The van der Waals surface area contributed by atoms with Crippen LogP contribution in [0.25, 0.3) is 0 Å². The van der Waals surface area contributed by atoms with E-state index in [9.17, 15) is 10.1 Å². The Bertz CT molecular complexity index is 490. The normalized spacial score (nSPS) is 32.1. The molecule has 0 N–H and O–H groups in total. The van der Waals surface area contributed by atoms with Crippen molar-refractivity contribution in [2.24, 2.45) is 11.3 Å². The number of nitriles is 1. The van der Waals surface area contributed by atoms with Crippen LogP contribution in [0.2, 0.25) is 0 Å². The van der Waals surface area contributed by atoms with E-state index < -0.39 is 5.41 Å². The van der Waals surface area contributed by atoms with Gasteiger partial charge in [0.1, 0.15) is 0 Å². The van der Waals surface area contributed by atoms with Gasteiger partial charge in [-0.1, -0.05) is 23.8 Å². The molecule has 0 fully saturated rings. The molecule has 0 aromatic heterocycles. The summed E-state index contributed by atoms with van der Waals surface area (Å²) in [5.74, 6) is 0.288. The van der Waals surface area contributed by atoms with E-state index >= 15 is 0 Å². The molecule has 0 unspecified atom stereocenters. The molecule has 2 heteroatoms. The second-order valence-corrected chi connectivity index (χ2v) is 5.13. The Morgan fingerprint density at radius 2 is 2.35 bits per heavy atom. The zero-order chi connectivity index (χ0) is 12.6. The highest BCUT2D eigenvalue weighted by molar-refractivity contribution is 5.93. The number of ketones is 1. The molecule has 0 amide bonds. The summed E-state index contributed by atoms with van der Waals surface area (Å²) >= 11 is 0. The minimum Gasteiger partial charge on any atom is -0.295 e. The Morgan fingerprint density at radius 3 is 2.94 bits per heavy atom. The Balaban J connectivity index is 2.61. The van der Waals surface area contributed by atoms with Gasteiger partial charge < -0.3 is 0 Å². The van der Waals surface area contributed by atoms with Gasteiger partial charge in [0.15, 0.2) is 5.78 Å². The molecule has 0 radical (unpaired) electrons. The third kappa shape index (κ3) is 1.67. The molecule has 2 atom stereocenters. The van der Waals surface area contributed by atoms with Gasteiger partial charge in [-0.15, -0.1) is 0 Å². The molecule has 0 bridgehead atoms. The summed E-state index contributed by atoms with van der Waals surface area (Å²) in [4.78, 5) is 11.6. The number of carbonyl (C=O) groups is 1. The van der Waals surface area contributed by atoms with Gasteiger partial charge >= 0.3 is 0 Å². The van der Waals surface area contributed by atoms with E-state index in [0.717, 1.165) is 23.1 Å². The Morgan fingerprint density at radius 1 is 1.65 bits per heavy atom. The van der Waals surface area contributed by atoms with Crippen molar-refractivity contribution in [3.8, 4) is 6.07 Å². The minimum absolute atomic E-state index is 0.140. The zero-order valence-corrected chi connectivity index (χ0v) is 10.4. The molecule has 0 spiro atoms. The molecule has 2 nitrogen and oxygen atoms in total. The molecule has 17 heavy (non-hydrogen) atoms. The highest BCUT2D eigenvalue weighted by atomic mass is 16.1. The number of allylic oxidation sites excluding steroid dienone is 5. The first-order valence-corrected chi connectivity index (χ1v) is 6.00. The molecule has 0 heterocycles. The molecule has 0 saturated carbocycles. The van der Waals surface area contributed by atoms with Gasteiger partial charge in [-0.05, 0) is 38.3 Å². The molecule has 0 saturated heterocycles. The SMILES string of the molecule is C=C(C)[C@@H]1CC=C(C)C2=CC(=O)CC[C@]21C#N. The van der Waals surface area contributed by atoms with Gasteiger partial charge in [-0.2, -0.15) is 5.26 Å². The summed E-state index contributed by atoms with van der Waals surface area (Å²) in [7, 11) is 0. The molecule has 0 aliphatic heterocycles. The topological polar surface area (TPSA) is 40.9 Å². The summed E-state index contributed by atoms with van der Waals surface area (Å²) in [6.45, 7) is 7.98. The summed E-state index contributed by atoms with van der Waals surface area (Å²) in [6.07, 6.45) is 5.78. The largest absolute Gasteiger partial charge is 0.295 e. The number of carbonyl (C=O) groups excluding carboxylic acids is 1. The van der Waals surface area contributed by atoms with Crippen LogP contribution >= 0.6 is 0 Å².